The molecular weight excluding hydrogens is 367 g/mol. The van der Waals surface area contributed by atoms with Crippen molar-refractivity contribution in [2.45, 2.75) is 43.1 Å². The molecule has 1 rings (SSSR count). The van der Waals surface area contributed by atoms with Crippen molar-refractivity contribution in [3.8, 4) is 0 Å². The number of hydrogen-bond donors (Lipinski definition) is 2. The Kier molecular flexibility index (Phi) is 5.33. The van der Waals surface area contributed by atoms with Gasteiger partial charge in [0.25, 0.3) is 0 Å². The summed E-state index contributed by atoms with van der Waals surface area (Å²) in [6.07, 6.45) is -18.4. The fourth-order valence-electron chi connectivity index (χ4n) is 1.79. The van der Waals surface area contributed by atoms with Crippen molar-refractivity contribution in [1.82, 2.24) is 10.6 Å². The van der Waals surface area contributed by atoms with Crippen LogP contribution in [0.4, 0.5) is 39.5 Å². The molecule has 0 aromatic carbocycles. The Morgan fingerprint density at radius 1 is 1.08 bits per heavy atom. The molecule has 0 saturated carbocycles. The molecule has 2 N–H and O–H groups in total. The first-order chi connectivity index (χ1) is 10.6. The third kappa shape index (κ3) is 4.02. The molecule has 1 aliphatic heterocycles. The number of carbonyl (C=O) groups excluding carboxylic acids is 2. The number of esters is 1. The number of amides is 1. The highest BCUT2D eigenvalue weighted by Crippen LogP contribution is 2.47. The number of hydrogen-bond acceptors (Lipinski definition) is 4. The molecule has 1 atom stereocenters. The monoisotopic (exact) mass is 376 g/mol. The molecule has 0 spiro atoms. The molecule has 0 radical (unpaired) electrons. The zero-order valence-electron chi connectivity index (χ0n) is 11.3. The maximum absolute atomic E-state index is 12.6. The van der Waals surface area contributed by atoms with Gasteiger partial charge in [-0.2, -0.15) is 39.5 Å². The minimum absolute atomic E-state index is 0.500. The molecule has 14 heteroatoms. The second-order valence-corrected chi connectivity index (χ2v) is 4.69. The summed E-state index contributed by atoms with van der Waals surface area (Å²) in [6.45, 7) is -0.713. The van der Waals surface area contributed by atoms with E-state index < -0.39 is 61.6 Å². The van der Waals surface area contributed by atoms with E-state index in [-0.39, 0.29) is 0 Å². The molecule has 24 heavy (non-hydrogen) atoms. The number of carbonyl (C=O) groups is 2. The molecule has 0 aliphatic carbocycles. The molecule has 1 saturated heterocycles. The predicted octanol–water partition coefficient (Wildman–Crippen LogP) is 1.78. The molecular formula is C10H9F9N2O3. The Balaban J connectivity index is 2.67. The van der Waals surface area contributed by atoms with E-state index in [1.807, 2.05) is 0 Å². The minimum atomic E-state index is -6.00. The molecule has 1 heterocycles. The van der Waals surface area contributed by atoms with Crippen LogP contribution in [-0.2, 0) is 14.3 Å². The van der Waals surface area contributed by atoms with E-state index in [4.69, 9.17) is 0 Å². The molecule has 1 fully saturated rings. The second kappa shape index (κ2) is 6.29. The third-order valence-electron chi connectivity index (χ3n) is 2.93. The summed E-state index contributed by atoms with van der Waals surface area (Å²) in [7, 11) is 0. The van der Waals surface area contributed by atoms with Gasteiger partial charge in [0.05, 0.1) is 0 Å². The lowest BCUT2D eigenvalue weighted by Gasteiger charge is -2.31. The van der Waals surface area contributed by atoms with Crippen LogP contribution in [0.2, 0.25) is 0 Å². The average Bonchev–Trinajstić information content (AvgIpc) is 2.71. The largest absolute Gasteiger partial charge is 0.471 e. The topological polar surface area (TPSA) is 67.4 Å². The summed E-state index contributed by atoms with van der Waals surface area (Å²) in [4.78, 5) is 21.7. The first kappa shape index (κ1) is 20.3. The van der Waals surface area contributed by atoms with Crippen LogP contribution in [0.1, 0.15) is 12.8 Å². The van der Waals surface area contributed by atoms with Gasteiger partial charge in [-0.3, -0.25) is 14.9 Å². The van der Waals surface area contributed by atoms with E-state index in [0.29, 0.717) is 0 Å². The van der Waals surface area contributed by atoms with Gasteiger partial charge in [0.1, 0.15) is 6.04 Å². The van der Waals surface area contributed by atoms with Crippen LogP contribution < -0.4 is 10.6 Å². The van der Waals surface area contributed by atoms with E-state index in [0.717, 1.165) is 5.32 Å². The zero-order chi connectivity index (χ0) is 19.0. The Labute approximate surface area is 127 Å². The lowest BCUT2D eigenvalue weighted by atomic mass is 10.1. The summed E-state index contributed by atoms with van der Waals surface area (Å²) in [5.74, 6) is -4.18. The number of cyclic esters (lactones) is 1. The number of halogens is 9. The molecule has 0 aromatic rings. The highest BCUT2D eigenvalue weighted by molar-refractivity contribution is 5.81. The highest BCUT2D eigenvalue weighted by atomic mass is 19.4. The first-order valence-corrected chi connectivity index (χ1v) is 6.11. The molecule has 0 aromatic heterocycles. The van der Waals surface area contributed by atoms with Crippen molar-refractivity contribution in [3.05, 3.63) is 0 Å². The molecule has 140 valence electrons. The van der Waals surface area contributed by atoms with Gasteiger partial charge in [0.15, 0.2) is 0 Å². The predicted molar refractivity (Wildman–Crippen MR) is 56.2 cm³/mol. The van der Waals surface area contributed by atoms with Crippen LogP contribution >= 0.6 is 0 Å². The summed E-state index contributed by atoms with van der Waals surface area (Å²) in [5, 5.41) is 2.35. The van der Waals surface area contributed by atoms with E-state index in [2.05, 4.69) is 4.74 Å². The number of alkyl halides is 9. The van der Waals surface area contributed by atoms with E-state index in [1.54, 1.807) is 0 Å². The van der Waals surface area contributed by atoms with Gasteiger partial charge in [-0.1, -0.05) is 0 Å². The highest BCUT2D eigenvalue weighted by Gasteiger charge is 2.78. The third-order valence-corrected chi connectivity index (χ3v) is 2.93. The fourth-order valence-corrected chi connectivity index (χ4v) is 1.79. The lowest BCUT2D eigenvalue weighted by Crippen LogP contribution is -2.65. The standard InChI is InChI=1S/C10H9F9N2O3/c11-7(12,13)6(23)20-3-1-2-4-5(22)24-8(21-4,9(14,15)16)10(17,18)19/h4,21H,1-3H2,(H,20,23)/t4-/m0/s1. The van der Waals surface area contributed by atoms with E-state index in [1.165, 1.54) is 5.32 Å². The average molecular weight is 376 g/mol. The van der Waals surface area contributed by atoms with Gasteiger partial charge in [-0.05, 0) is 12.8 Å². The molecule has 5 nitrogen and oxygen atoms in total. The number of rotatable bonds is 4. The van der Waals surface area contributed by atoms with Gasteiger partial charge < -0.3 is 10.1 Å². The maximum Gasteiger partial charge on any atom is 0.471 e. The summed E-state index contributed by atoms with van der Waals surface area (Å²) >= 11 is 0. The van der Waals surface area contributed by atoms with Crippen LogP contribution in [0.25, 0.3) is 0 Å². The molecule has 0 bridgehead atoms. The zero-order valence-corrected chi connectivity index (χ0v) is 11.3. The quantitative estimate of drug-likeness (QED) is 0.446. The Bertz CT molecular complexity index is 483. The van der Waals surface area contributed by atoms with Crippen molar-refractivity contribution in [2.75, 3.05) is 6.54 Å². The van der Waals surface area contributed by atoms with E-state index in [9.17, 15) is 49.1 Å². The number of ether oxygens (including phenoxy) is 1. The summed E-state index contributed by atoms with van der Waals surface area (Å²) < 4.78 is 115. The first-order valence-electron chi connectivity index (χ1n) is 6.11. The van der Waals surface area contributed by atoms with Crippen LogP contribution in [0, 0.1) is 0 Å². The van der Waals surface area contributed by atoms with Crippen LogP contribution in [-0.4, -0.2) is 48.7 Å². The smallest absolute Gasteiger partial charge is 0.424 e. The SMILES string of the molecule is O=C1OC(C(F)(F)F)(C(F)(F)F)N[C@H]1CCCNC(=O)C(F)(F)F. The van der Waals surface area contributed by atoms with Crippen molar-refractivity contribution in [3.63, 3.8) is 0 Å². The Hall–Kier alpha value is -1.73. The van der Waals surface area contributed by atoms with Gasteiger partial charge in [-0.15, -0.1) is 0 Å². The molecule has 1 aliphatic rings. The summed E-state index contributed by atoms with van der Waals surface area (Å²) in [5.41, 5.74) is -4.88. The van der Waals surface area contributed by atoms with Crippen LogP contribution in [0.15, 0.2) is 0 Å². The van der Waals surface area contributed by atoms with Gasteiger partial charge >= 0.3 is 36.1 Å². The normalized spacial score (nSPS) is 21.5. The second-order valence-electron chi connectivity index (χ2n) is 4.69. The summed E-state index contributed by atoms with van der Waals surface area (Å²) in [6, 6.07) is -2.05. The van der Waals surface area contributed by atoms with Gasteiger partial charge in [-0.25, -0.2) is 0 Å². The number of nitrogens with one attached hydrogen (secondary N) is 2. The molecule has 0 unspecified atom stereocenters. The van der Waals surface area contributed by atoms with Crippen molar-refractivity contribution < 1.29 is 53.8 Å². The van der Waals surface area contributed by atoms with Crippen molar-refractivity contribution >= 4 is 11.9 Å². The Morgan fingerprint density at radius 2 is 1.58 bits per heavy atom. The van der Waals surface area contributed by atoms with Crippen LogP contribution in [0.3, 0.4) is 0 Å². The van der Waals surface area contributed by atoms with Crippen LogP contribution in [0.5, 0.6) is 0 Å². The minimum Gasteiger partial charge on any atom is -0.424 e. The van der Waals surface area contributed by atoms with Gasteiger partial charge in [0.2, 0.25) is 0 Å². The fraction of sp³-hybridized carbons (Fsp3) is 0.800. The maximum atomic E-state index is 12.6. The van der Waals surface area contributed by atoms with Crippen molar-refractivity contribution in [2.24, 2.45) is 0 Å². The van der Waals surface area contributed by atoms with Crippen molar-refractivity contribution in [1.29, 1.82) is 0 Å². The van der Waals surface area contributed by atoms with Gasteiger partial charge in [0, 0.05) is 6.54 Å². The Morgan fingerprint density at radius 3 is 1.96 bits per heavy atom. The lowest BCUT2D eigenvalue weighted by molar-refractivity contribution is -0.369. The van der Waals surface area contributed by atoms with E-state index >= 15 is 0 Å². The molecule has 1 amide bonds.